The Kier molecular flexibility index (Phi) is 4.98. The van der Waals surface area contributed by atoms with Crippen LogP contribution in [0.25, 0.3) is 16.6 Å². The van der Waals surface area contributed by atoms with Gasteiger partial charge in [0.25, 0.3) is 5.56 Å². The summed E-state index contributed by atoms with van der Waals surface area (Å²) < 4.78 is 5.14. The number of rotatable bonds is 6. The van der Waals surface area contributed by atoms with Crippen LogP contribution < -0.4 is 10.9 Å². The quantitative estimate of drug-likeness (QED) is 0.449. The lowest BCUT2D eigenvalue weighted by Crippen LogP contribution is -2.23. The second-order valence-electron chi connectivity index (χ2n) is 7.64. The van der Waals surface area contributed by atoms with Crippen molar-refractivity contribution in [3.8, 4) is 0 Å². The van der Waals surface area contributed by atoms with E-state index in [-0.39, 0.29) is 24.4 Å². The molecule has 1 N–H and O–H groups in total. The number of aryl methyl sites for hydroxylation is 2. The molecule has 0 fully saturated rings. The van der Waals surface area contributed by atoms with Gasteiger partial charge in [0, 0.05) is 31.6 Å². The van der Waals surface area contributed by atoms with Crippen LogP contribution in [0.4, 0.5) is 5.69 Å². The number of benzene rings is 1. The van der Waals surface area contributed by atoms with Gasteiger partial charge in [-0.05, 0) is 30.7 Å². The molecule has 4 aromatic heterocycles. The third-order valence-corrected chi connectivity index (χ3v) is 5.29. The summed E-state index contributed by atoms with van der Waals surface area (Å²) in [5.74, 6) is -0.200. The van der Waals surface area contributed by atoms with Gasteiger partial charge in [-0.15, -0.1) is 0 Å². The van der Waals surface area contributed by atoms with Gasteiger partial charge in [-0.25, -0.2) is 9.97 Å². The van der Waals surface area contributed by atoms with E-state index in [1.165, 1.54) is 10.9 Å². The van der Waals surface area contributed by atoms with Gasteiger partial charge in [-0.2, -0.15) is 5.10 Å². The zero-order valence-corrected chi connectivity index (χ0v) is 17.5. The van der Waals surface area contributed by atoms with Crippen LogP contribution in [0.2, 0.25) is 0 Å². The van der Waals surface area contributed by atoms with Crippen molar-refractivity contribution in [2.45, 2.75) is 26.4 Å². The summed E-state index contributed by atoms with van der Waals surface area (Å²) >= 11 is 0. The number of aromatic nitrogens is 6. The maximum atomic E-state index is 12.7. The van der Waals surface area contributed by atoms with Crippen LogP contribution >= 0.6 is 0 Å². The fraction of sp³-hybridized carbons (Fsp3) is 0.174. The second-order valence-corrected chi connectivity index (χ2v) is 7.64. The number of nitrogens with one attached hydrogen (secondary N) is 1. The largest absolute Gasteiger partial charge is 0.323 e. The average Bonchev–Trinajstić information content (AvgIpc) is 3.40. The lowest BCUT2D eigenvalue weighted by Gasteiger charge is -2.07. The van der Waals surface area contributed by atoms with Crippen LogP contribution in [0.1, 0.15) is 17.7 Å². The first-order chi connectivity index (χ1) is 15.6. The lowest BCUT2D eigenvalue weighted by molar-refractivity contribution is -0.116. The molecule has 9 heteroatoms. The molecule has 0 saturated carbocycles. The van der Waals surface area contributed by atoms with Crippen molar-refractivity contribution in [2.24, 2.45) is 0 Å². The van der Waals surface area contributed by atoms with E-state index in [1.54, 1.807) is 23.1 Å². The summed E-state index contributed by atoms with van der Waals surface area (Å²) in [6.45, 7) is 2.66. The first-order valence-corrected chi connectivity index (χ1v) is 10.3. The average molecular weight is 427 g/mol. The molecule has 0 aliphatic rings. The number of hydrogen-bond donors (Lipinski definition) is 1. The number of amides is 1. The van der Waals surface area contributed by atoms with Crippen LogP contribution in [0.5, 0.6) is 0 Å². The zero-order chi connectivity index (χ0) is 22.1. The molecular weight excluding hydrogens is 406 g/mol. The normalized spacial score (nSPS) is 11.3. The molecule has 0 aliphatic carbocycles. The fourth-order valence-electron chi connectivity index (χ4n) is 3.69. The highest BCUT2D eigenvalue weighted by Crippen LogP contribution is 2.12. The van der Waals surface area contributed by atoms with Gasteiger partial charge in [0.2, 0.25) is 5.91 Å². The summed E-state index contributed by atoms with van der Waals surface area (Å²) in [5.41, 5.74) is 3.83. The maximum absolute atomic E-state index is 12.7. The molecule has 5 aromatic rings. The van der Waals surface area contributed by atoms with Crippen molar-refractivity contribution in [1.29, 1.82) is 0 Å². The van der Waals surface area contributed by atoms with Crippen molar-refractivity contribution >= 4 is 28.1 Å². The van der Waals surface area contributed by atoms with E-state index in [4.69, 9.17) is 0 Å². The van der Waals surface area contributed by atoms with Gasteiger partial charge in [-0.3, -0.25) is 18.8 Å². The third-order valence-electron chi connectivity index (χ3n) is 5.29. The molecule has 9 nitrogen and oxygen atoms in total. The fourth-order valence-corrected chi connectivity index (χ4v) is 3.69. The Morgan fingerprint density at radius 1 is 1.12 bits per heavy atom. The summed E-state index contributed by atoms with van der Waals surface area (Å²) in [6, 6.07) is 11.3. The monoisotopic (exact) mass is 427 g/mol. The van der Waals surface area contributed by atoms with Crippen LogP contribution in [-0.4, -0.2) is 34.6 Å². The Balaban J connectivity index is 1.21. The number of carbonyl (C=O) groups excluding carboxylic acids is 1. The Labute approximate surface area is 183 Å². The van der Waals surface area contributed by atoms with Crippen LogP contribution in [0.15, 0.2) is 72.3 Å². The molecule has 0 saturated heterocycles. The van der Waals surface area contributed by atoms with Gasteiger partial charge in [-0.1, -0.05) is 18.2 Å². The molecule has 1 amide bonds. The van der Waals surface area contributed by atoms with Crippen LogP contribution in [0.3, 0.4) is 0 Å². The predicted octanol–water partition coefficient (Wildman–Crippen LogP) is 2.63. The van der Waals surface area contributed by atoms with Gasteiger partial charge < -0.3 is 9.72 Å². The number of nitrogens with zero attached hydrogens (tertiary/aromatic N) is 6. The highest BCUT2D eigenvalue weighted by Gasteiger charge is 2.10. The molecule has 32 heavy (non-hydrogen) atoms. The van der Waals surface area contributed by atoms with Crippen LogP contribution in [-0.2, 0) is 17.9 Å². The van der Waals surface area contributed by atoms with E-state index in [1.807, 2.05) is 54.0 Å². The first kappa shape index (κ1) is 19.7. The lowest BCUT2D eigenvalue weighted by atomic mass is 10.1. The number of pyridine rings is 1. The van der Waals surface area contributed by atoms with Crippen molar-refractivity contribution in [3.05, 3.63) is 89.1 Å². The summed E-state index contributed by atoms with van der Waals surface area (Å²) in [6.07, 6.45) is 8.90. The molecule has 5 rings (SSSR count). The molecule has 0 aliphatic heterocycles. The summed E-state index contributed by atoms with van der Waals surface area (Å²) in [4.78, 5) is 34.0. The van der Waals surface area contributed by atoms with Gasteiger partial charge >= 0.3 is 0 Å². The van der Waals surface area contributed by atoms with E-state index in [9.17, 15) is 9.59 Å². The summed E-state index contributed by atoms with van der Waals surface area (Å²) in [5, 5.41) is 7.68. The predicted molar refractivity (Wildman–Crippen MR) is 121 cm³/mol. The topological polar surface area (TPSA) is 99.1 Å². The molecule has 4 heterocycles. The van der Waals surface area contributed by atoms with E-state index >= 15 is 0 Å². The summed E-state index contributed by atoms with van der Waals surface area (Å²) in [7, 11) is 0. The molecule has 160 valence electrons. The molecule has 1 aromatic carbocycles. The van der Waals surface area contributed by atoms with Crippen molar-refractivity contribution in [1.82, 2.24) is 28.7 Å². The Morgan fingerprint density at radius 2 is 2.03 bits per heavy atom. The number of anilines is 1. The molecule has 0 radical (unpaired) electrons. The number of hydrogen-bond acceptors (Lipinski definition) is 5. The number of fused-ring (bicyclic) bond motifs is 2. The van der Waals surface area contributed by atoms with Crippen molar-refractivity contribution in [3.63, 3.8) is 0 Å². The van der Waals surface area contributed by atoms with E-state index in [0.29, 0.717) is 23.1 Å². The van der Waals surface area contributed by atoms with Gasteiger partial charge in [0.15, 0.2) is 0 Å². The Bertz CT molecular complexity index is 1460. The minimum atomic E-state index is -0.200. The SMILES string of the molecule is Cc1cccc2c(=O)n(CCC(=O)Nc3cnn(Cc4cn5ccccc5n4)c3)cnc12. The van der Waals surface area contributed by atoms with E-state index in [0.717, 1.165) is 16.9 Å². The van der Waals surface area contributed by atoms with Crippen molar-refractivity contribution in [2.75, 3.05) is 5.32 Å². The minimum Gasteiger partial charge on any atom is -0.323 e. The number of para-hydroxylation sites is 1. The molecule has 0 atom stereocenters. The first-order valence-electron chi connectivity index (χ1n) is 10.3. The Morgan fingerprint density at radius 3 is 2.91 bits per heavy atom. The standard InChI is InChI=1S/C23H21N7O2/c1-16-5-4-6-19-22(16)24-15-29(23(19)32)10-8-21(31)27-17-11-25-30(13-17)14-18-12-28-9-3-2-7-20(28)26-18/h2-7,9,11-13,15H,8,10,14H2,1H3,(H,27,31). The second kappa shape index (κ2) is 8.10. The third kappa shape index (κ3) is 3.87. The molecule has 0 unspecified atom stereocenters. The van der Waals surface area contributed by atoms with Gasteiger partial charge in [0.1, 0.15) is 5.65 Å². The molecule has 0 spiro atoms. The molecular formula is C23H21N7O2. The van der Waals surface area contributed by atoms with Gasteiger partial charge in [0.05, 0.1) is 41.4 Å². The number of carbonyl (C=O) groups is 1. The number of imidazole rings is 1. The van der Waals surface area contributed by atoms with Crippen LogP contribution in [0, 0.1) is 6.92 Å². The van der Waals surface area contributed by atoms with Crippen molar-refractivity contribution < 1.29 is 4.79 Å². The highest BCUT2D eigenvalue weighted by molar-refractivity contribution is 5.90. The van der Waals surface area contributed by atoms with E-state index in [2.05, 4.69) is 20.4 Å². The highest BCUT2D eigenvalue weighted by atomic mass is 16.2. The Hall–Kier alpha value is -4.27. The maximum Gasteiger partial charge on any atom is 0.261 e. The molecule has 0 bridgehead atoms. The smallest absolute Gasteiger partial charge is 0.261 e. The zero-order valence-electron chi connectivity index (χ0n) is 17.5. The van der Waals surface area contributed by atoms with E-state index < -0.39 is 0 Å². The minimum absolute atomic E-state index is 0.147.